The zero-order chi connectivity index (χ0) is 19.2. The molecule has 2 aromatic carbocycles. The summed E-state index contributed by atoms with van der Waals surface area (Å²) in [6, 6.07) is 14.8. The average molecular weight is 380 g/mol. The van der Waals surface area contributed by atoms with Crippen molar-refractivity contribution in [2.24, 2.45) is 0 Å². The summed E-state index contributed by atoms with van der Waals surface area (Å²) in [4.78, 5) is 0. The van der Waals surface area contributed by atoms with Crippen molar-refractivity contribution in [1.29, 1.82) is 0 Å². The topological polar surface area (TPSA) is 39.9 Å². The molecule has 0 amide bonds. The van der Waals surface area contributed by atoms with Crippen molar-refractivity contribution in [2.45, 2.75) is 44.8 Å². The van der Waals surface area contributed by atoms with Gasteiger partial charge in [-0.15, -0.1) is 16.8 Å². The van der Waals surface area contributed by atoms with E-state index >= 15 is 0 Å². The Morgan fingerprint density at radius 1 is 1.00 bits per heavy atom. The van der Waals surface area contributed by atoms with Crippen molar-refractivity contribution in [3.8, 4) is 5.75 Å². The van der Waals surface area contributed by atoms with Crippen LogP contribution in [0.25, 0.3) is 0 Å². The van der Waals surface area contributed by atoms with Crippen molar-refractivity contribution < 1.29 is 4.74 Å². The Labute approximate surface area is 165 Å². The van der Waals surface area contributed by atoms with Gasteiger partial charge in [-0.1, -0.05) is 53.7 Å². The van der Waals surface area contributed by atoms with Crippen LogP contribution in [0.4, 0.5) is 0 Å². The van der Waals surface area contributed by atoms with E-state index in [1.54, 1.807) is 11.8 Å². The number of aryl methyl sites for hydroxylation is 3. The first-order chi connectivity index (χ1) is 13.0. The summed E-state index contributed by atoms with van der Waals surface area (Å²) in [7, 11) is 0. The summed E-state index contributed by atoms with van der Waals surface area (Å²) in [5, 5.41) is 9.59. The average Bonchev–Trinajstić information content (AvgIpc) is 3.01. The van der Waals surface area contributed by atoms with E-state index in [9.17, 15) is 0 Å². The van der Waals surface area contributed by atoms with E-state index in [2.05, 4.69) is 72.4 Å². The van der Waals surface area contributed by atoms with Crippen LogP contribution in [0.15, 0.2) is 60.3 Å². The van der Waals surface area contributed by atoms with Crippen LogP contribution in [-0.4, -0.2) is 14.8 Å². The highest BCUT2D eigenvalue weighted by Gasteiger charge is 2.13. The minimum atomic E-state index is 0.384. The Morgan fingerprint density at radius 3 is 2.37 bits per heavy atom. The second-order valence-electron chi connectivity index (χ2n) is 6.68. The Balaban J connectivity index is 1.70. The third-order valence-corrected chi connectivity index (χ3v) is 5.19. The third-order valence-electron chi connectivity index (χ3n) is 4.16. The van der Waals surface area contributed by atoms with Crippen LogP contribution in [0.5, 0.6) is 5.75 Å². The van der Waals surface area contributed by atoms with Gasteiger partial charge < -0.3 is 4.74 Å². The van der Waals surface area contributed by atoms with Crippen LogP contribution in [0.3, 0.4) is 0 Å². The number of hydrogen-bond donors (Lipinski definition) is 0. The molecule has 0 spiro atoms. The summed E-state index contributed by atoms with van der Waals surface area (Å²) in [6.07, 6.45) is 1.86. The lowest BCUT2D eigenvalue weighted by Crippen LogP contribution is -2.07. The largest absolute Gasteiger partial charge is 0.486 e. The lowest BCUT2D eigenvalue weighted by molar-refractivity contribution is 0.289. The van der Waals surface area contributed by atoms with Gasteiger partial charge >= 0.3 is 0 Å². The molecule has 0 saturated carbocycles. The summed E-state index contributed by atoms with van der Waals surface area (Å²) in [6.45, 7) is 11.1. The van der Waals surface area contributed by atoms with Gasteiger partial charge in [0.25, 0.3) is 0 Å². The molecule has 0 radical (unpaired) electrons. The molecule has 0 aliphatic heterocycles. The summed E-state index contributed by atoms with van der Waals surface area (Å²) < 4.78 is 8.03. The summed E-state index contributed by atoms with van der Waals surface area (Å²) in [5.41, 5.74) is 4.91. The second kappa shape index (κ2) is 8.91. The minimum Gasteiger partial charge on any atom is -0.486 e. The van der Waals surface area contributed by atoms with Gasteiger partial charge in [0, 0.05) is 12.3 Å². The van der Waals surface area contributed by atoms with E-state index in [1.807, 2.05) is 18.2 Å². The van der Waals surface area contributed by atoms with Crippen molar-refractivity contribution in [3.63, 3.8) is 0 Å². The van der Waals surface area contributed by atoms with Gasteiger partial charge in [-0.05, 0) is 49.6 Å². The molecule has 1 aromatic heterocycles. The zero-order valence-electron chi connectivity index (χ0n) is 16.1. The molecule has 0 aliphatic carbocycles. The summed E-state index contributed by atoms with van der Waals surface area (Å²) in [5.74, 6) is 2.52. The fourth-order valence-corrected chi connectivity index (χ4v) is 3.76. The predicted molar refractivity (Wildman–Crippen MR) is 111 cm³/mol. The highest BCUT2D eigenvalue weighted by molar-refractivity contribution is 7.98. The molecule has 0 unspecified atom stereocenters. The Bertz CT molecular complexity index is 896. The minimum absolute atomic E-state index is 0.384. The first-order valence-electron chi connectivity index (χ1n) is 8.97. The third kappa shape index (κ3) is 5.23. The molecule has 0 aliphatic rings. The SMILES string of the molecule is C=CCn1c(COc2cc(C)cc(C)c2)nnc1SCc1ccc(C)cc1. The number of aromatic nitrogens is 3. The maximum atomic E-state index is 5.96. The molecule has 0 saturated heterocycles. The predicted octanol–water partition coefficient (Wildman–Crippen LogP) is 5.26. The Kier molecular flexibility index (Phi) is 6.35. The molecule has 5 heteroatoms. The molecule has 0 bridgehead atoms. The maximum Gasteiger partial charge on any atom is 0.191 e. The highest BCUT2D eigenvalue weighted by atomic mass is 32.2. The van der Waals surface area contributed by atoms with Crippen LogP contribution in [0.2, 0.25) is 0 Å². The second-order valence-corrected chi connectivity index (χ2v) is 7.63. The monoisotopic (exact) mass is 379 g/mol. The van der Waals surface area contributed by atoms with Crippen LogP contribution < -0.4 is 4.74 Å². The lowest BCUT2D eigenvalue weighted by atomic mass is 10.1. The molecule has 0 atom stereocenters. The molecule has 3 rings (SSSR count). The fraction of sp³-hybridized carbons (Fsp3) is 0.273. The van der Waals surface area contributed by atoms with E-state index in [0.717, 1.165) is 22.5 Å². The van der Waals surface area contributed by atoms with E-state index < -0.39 is 0 Å². The van der Waals surface area contributed by atoms with E-state index in [4.69, 9.17) is 4.74 Å². The smallest absolute Gasteiger partial charge is 0.191 e. The first-order valence-corrected chi connectivity index (χ1v) is 9.96. The molecule has 1 heterocycles. The zero-order valence-corrected chi connectivity index (χ0v) is 16.9. The van der Waals surface area contributed by atoms with E-state index in [-0.39, 0.29) is 0 Å². The molecule has 27 heavy (non-hydrogen) atoms. The number of thioether (sulfide) groups is 1. The quantitative estimate of drug-likeness (QED) is 0.395. The molecule has 4 nitrogen and oxygen atoms in total. The standard InChI is InChI=1S/C22H25N3OS/c1-5-10-25-21(14-26-20-12-17(3)11-18(4)13-20)23-24-22(25)27-15-19-8-6-16(2)7-9-19/h5-9,11-13H,1,10,14-15H2,2-4H3. The van der Waals surface area contributed by atoms with Gasteiger partial charge in [0.15, 0.2) is 11.0 Å². The maximum absolute atomic E-state index is 5.96. The van der Waals surface area contributed by atoms with Gasteiger partial charge in [-0.25, -0.2) is 0 Å². The van der Waals surface area contributed by atoms with E-state index in [0.29, 0.717) is 13.2 Å². The van der Waals surface area contributed by atoms with Crippen LogP contribution in [0.1, 0.15) is 28.1 Å². The molecule has 0 fully saturated rings. The summed E-state index contributed by atoms with van der Waals surface area (Å²) >= 11 is 1.68. The molecular formula is C22H25N3OS. The number of allylic oxidation sites excluding steroid dienone is 1. The van der Waals surface area contributed by atoms with Crippen LogP contribution in [-0.2, 0) is 18.9 Å². The van der Waals surface area contributed by atoms with Gasteiger partial charge in [0.1, 0.15) is 12.4 Å². The number of rotatable bonds is 8. The molecule has 140 valence electrons. The van der Waals surface area contributed by atoms with E-state index in [1.165, 1.54) is 22.3 Å². The number of hydrogen-bond acceptors (Lipinski definition) is 4. The van der Waals surface area contributed by atoms with Crippen molar-refractivity contribution in [2.75, 3.05) is 0 Å². The molecule has 0 N–H and O–H groups in total. The Morgan fingerprint density at radius 2 is 1.70 bits per heavy atom. The number of ether oxygens (including phenoxy) is 1. The van der Waals surface area contributed by atoms with Gasteiger partial charge in [-0.2, -0.15) is 0 Å². The number of nitrogens with zero attached hydrogens (tertiary/aromatic N) is 3. The van der Waals surface area contributed by atoms with Gasteiger partial charge in [0.2, 0.25) is 0 Å². The van der Waals surface area contributed by atoms with Gasteiger partial charge in [0.05, 0.1) is 0 Å². The van der Waals surface area contributed by atoms with Crippen molar-refractivity contribution >= 4 is 11.8 Å². The van der Waals surface area contributed by atoms with Crippen molar-refractivity contribution in [1.82, 2.24) is 14.8 Å². The van der Waals surface area contributed by atoms with Crippen molar-refractivity contribution in [3.05, 3.63) is 83.2 Å². The Hall–Kier alpha value is -2.53. The van der Waals surface area contributed by atoms with Crippen LogP contribution in [0, 0.1) is 20.8 Å². The first kappa shape index (κ1) is 19.2. The van der Waals surface area contributed by atoms with Crippen LogP contribution >= 0.6 is 11.8 Å². The van der Waals surface area contributed by atoms with Gasteiger partial charge in [-0.3, -0.25) is 4.57 Å². The molecular weight excluding hydrogens is 354 g/mol. The lowest BCUT2D eigenvalue weighted by Gasteiger charge is -2.10. The normalized spacial score (nSPS) is 10.8. The fourth-order valence-electron chi connectivity index (χ4n) is 2.84. The number of benzene rings is 2. The molecule has 3 aromatic rings. The highest BCUT2D eigenvalue weighted by Crippen LogP contribution is 2.23.